The van der Waals surface area contributed by atoms with Crippen molar-refractivity contribution in [3.63, 3.8) is 0 Å². The minimum absolute atomic E-state index is 0.0220. The van der Waals surface area contributed by atoms with Crippen molar-refractivity contribution in [1.82, 2.24) is 9.55 Å². The zero-order valence-corrected chi connectivity index (χ0v) is 16.6. The van der Waals surface area contributed by atoms with Crippen LogP contribution in [0.5, 0.6) is 0 Å². The monoisotopic (exact) mass is 412 g/mol. The van der Waals surface area contributed by atoms with Crippen molar-refractivity contribution in [2.24, 2.45) is 5.14 Å². The molecule has 0 bridgehead atoms. The number of rotatable bonds is 7. The van der Waals surface area contributed by atoms with Gasteiger partial charge in [-0.05, 0) is 48.9 Å². The third-order valence-electron chi connectivity index (χ3n) is 4.44. The van der Waals surface area contributed by atoms with Gasteiger partial charge in [0.25, 0.3) is 0 Å². The summed E-state index contributed by atoms with van der Waals surface area (Å²) in [5, 5.41) is 14.0. The number of fused-ring (bicyclic) bond motifs is 1. The Hall–Kier alpha value is -3.22. The zero-order chi connectivity index (χ0) is 21.0. The first-order valence-electron chi connectivity index (χ1n) is 9.02. The number of nitriles is 1. The summed E-state index contributed by atoms with van der Waals surface area (Å²) in [6.45, 7) is 2.65. The summed E-state index contributed by atoms with van der Waals surface area (Å²) in [4.78, 5) is 16.7. The Morgan fingerprint density at radius 3 is 2.59 bits per heavy atom. The molecule has 0 atom stereocenters. The predicted octanol–water partition coefficient (Wildman–Crippen LogP) is 2.71. The summed E-state index contributed by atoms with van der Waals surface area (Å²) in [5.41, 5.74) is 2.00. The van der Waals surface area contributed by atoms with Crippen molar-refractivity contribution >= 4 is 27.0 Å². The normalized spacial score (nSPS) is 11.3. The Balaban J connectivity index is 1.88. The van der Waals surface area contributed by atoms with Crippen LogP contribution in [0.3, 0.4) is 0 Å². The van der Waals surface area contributed by atoms with Crippen LogP contribution in [-0.4, -0.2) is 23.9 Å². The van der Waals surface area contributed by atoms with Crippen LogP contribution >= 0.6 is 0 Å². The lowest BCUT2D eigenvalue weighted by atomic mass is 10.1. The molecule has 0 unspecified atom stereocenters. The quantitative estimate of drug-likeness (QED) is 0.594. The number of aryl methyl sites for hydroxylation is 1. The number of primary sulfonamides is 1. The fourth-order valence-corrected chi connectivity index (χ4v) is 3.44. The minimum Gasteiger partial charge on any atom is -0.454 e. The third-order valence-corrected chi connectivity index (χ3v) is 5.36. The number of sulfonamides is 1. The second-order valence-corrected chi connectivity index (χ2v) is 8.06. The molecule has 0 saturated heterocycles. The van der Waals surface area contributed by atoms with E-state index >= 15 is 0 Å². The van der Waals surface area contributed by atoms with E-state index in [1.165, 1.54) is 24.3 Å². The third kappa shape index (κ3) is 4.62. The van der Waals surface area contributed by atoms with Crippen LogP contribution in [0.2, 0.25) is 0 Å². The minimum atomic E-state index is -3.84. The van der Waals surface area contributed by atoms with E-state index in [1.54, 1.807) is 18.2 Å². The van der Waals surface area contributed by atoms with Crippen molar-refractivity contribution in [3.8, 4) is 6.07 Å². The van der Waals surface area contributed by atoms with Gasteiger partial charge >= 0.3 is 5.97 Å². The number of nitrogens with two attached hydrogens (primary N) is 1. The number of nitrogens with zero attached hydrogens (tertiary/aromatic N) is 3. The molecule has 3 aromatic rings. The van der Waals surface area contributed by atoms with Crippen molar-refractivity contribution in [2.75, 3.05) is 0 Å². The van der Waals surface area contributed by atoms with Crippen LogP contribution in [0.4, 0.5) is 0 Å². The van der Waals surface area contributed by atoms with Crippen molar-refractivity contribution in [1.29, 1.82) is 5.26 Å². The molecular formula is C20H20N4O4S. The van der Waals surface area contributed by atoms with Gasteiger partial charge in [0.2, 0.25) is 10.0 Å². The number of benzene rings is 2. The number of hydrogen-bond donors (Lipinski definition) is 1. The highest BCUT2D eigenvalue weighted by Crippen LogP contribution is 2.21. The summed E-state index contributed by atoms with van der Waals surface area (Å²) >= 11 is 0. The van der Waals surface area contributed by atoms with Crippen LogP contribution in [0.1, 0.15) is 41.5 Å². The lowest BCUT2D eigenvalue weighted by molar-refractivity contribution is 0.0458. The maximum Gasteiger partial charge on any atom is 0.338 e. The smallest absolute Gasteiger partial charge is 0.338 e. The Morgan fingerprint density at radius 2 is 1.97 bits per heavy atom. The number of ether oxygens (including phenoxy) is 1. The van der Waals surface area contributed by atoms with Gasteiger partial charge in [-0.2, -0.15) is 5.26 Å². The molecule has 2 N–H and O–H groups in total. The summed E-state index contributed by atoms with van der Waals surface area (Å²) in [6.07, 6.45) is 1.85. The molecule has 0 amide bonds. The van der Waals surface area contributed by atoms with E-state index < -0.39 is 16.0 Å². The van der Waals surface area contributed by atoms with Crippen LogP contribution < -0.4 is 5.14 Å². The van der Waals surface area contributed by atoms with Gasteiger partial charge in [-0.1, -0.05) is 13.3 Å². The SMILES string of the molecule is CCCCn1c(COC(=O)c2ccc(C#N)cc2)nc2cc(S(N)(=O)=O)ccc21. The summed E-state index contributed by atoms with van der Waals surface area (Å²) < 4.78 is 30.5. The van der Waals surface area contributed by atoms with Crippen molar-refractivity contribution in [3.05, 3.63) is 59.4 Å². The van der Waals surface area contributed by atoms with Crippen LogP contribution in [0.15, 0.2) is 47.4 Å². The summed E-state index contributed by atoms with van der Waals surface area (Å²) in [6, 6.07) is 12.6. The molecule has 0 aliphatic carbocycles. The molecule has 1 aromatic heterocycles. The maximum atomic E-state index is 12.3. The predicted molar refractivity (Wildman–Crippen MR) is 106 cm³/mol. The second-order valence-electron chi connectivity index (χ2n) is 6.49. The van der Waals surface area contributed by atoms with Gasteiger partial charge in [0.15, 0.2) is 0 Å². The highest BCUT2D eigenvalue weighted by Gasteiger charge is 2.16. The first-order chi connectivity index (χ1) is 13.8. The van der Waals surface area contributed by atoms with Gasteiger partial charge in [-0.25, -0.2) is 23.3 Å². The van der Waals surface area contributed by atoms with E-state index in [1.807, 2.05) is 10.6 Å². The molecule has 0 radical (unpaired) electrons. The number of carbonyl (C=O) groups excluding carboxylic acids is 1. The van der Waals surface area contributed by atoms with E-state index in [2.05, 4.69) is 11.9 Å². The molecule has 0 aliphatic heterocycles. The van der Waals surface area contributed by atoms with Gasteiger partial charge < -0.3 is 9.30 Å². The highest BCUT2D eigenvalue weighted by atomic mass is 32.2. The molecule has 8 nitrogen and oxygen atoms in total. The molecular weight excluding hydrogens is 392 g/mol. The van der Waals surface area contributed by atoms with Gasteiger partial charge in [0, 0.05) is 6.54 Å². The average molecular weight is 412 g/mol. The second kappa shape index (κ2) is 8.43. The molecule has 1 heterocycles. The standard InChI is InChI=1S/C20H20N4O4S/c1-2-3-10-24-18-9-8-16(29(22,26)27)11-17(18)23-19(24)13-28-20(25)15-6-4-14(12-21)5-7-15/h4-9,11H,2-3,10,13H2,1H3,(H2,22,26,27). The topological polar surface area (TPSA) is 128 Å². The van der Waals surface area contributed by atoms with E-state index in [9.17, 15) is 13.2 Å². The van der Waals surface area contributed by atoms with E-state index in [-0.39, 0.29) is 11.5 Å². The maximum absolute atomic E-state index is 12.3. The average Bonchev–Trinajstić information content (AvgIpc) is 3.06. The lowest BCUT2D eigenvalue weighted by Gasteiger charge is -2.09. The molecule has 2 aromatic carbocycles. The van der Waals surface area contributed by atoms with Crippen molar-refractivity contribution < 1.29 is 17.9 Å². The lowest BCUT2D eigenvalue weighted by Crippen LogP contribution is -2.12. The largest absolute Gasteiger partial charge is 0.454 e. The first-order valence-corrected chi connectivity index (χ1v) is 10.6. The van der Waals surface area contributed by atoms with Gasteiger partial charge in [0.1, 0.15) is 12.4 Å². The zero-order valence-electron chi connectivity index (χ0n) is 15.8. The Morgan fingerprint density at radius 1 is 1.24 bits per heavy atom. The molecule has 0 aliphatic rings. The number of imidazole rings is 1. The number of unbranched alkanes of at least 4 members (excludes halogenated alkanes) is 1. The molecule has 0 spiro atoms. The van der Waals surface area contributed by atoms with Gasteiger partial charge in [0.05, 0.1) is 33.1 Å². The van der Waals surface area contributed by atoms with Crippen LogP contribution in [-0.2, 0) is 27.9 Å². The van der Waals surface area contributed by atoms with Gasteiger partial charge in [-0.3, -0.25) is 0 Å². The molecule has 29 heavy (non-hydrogen) atoms. The number of carbonyl (C=O) groups is 1. The Bertz CT molecular complexity index is 1190. The van der Waals surface area contributed by atoms with Crippen LogP contribution in [0.25, 0.3) is 11.0 Å². The fourth-order valence-electron chi connectivity index (χ4n) is 2.91. The molecule has 3 rings (SSSR count). The fraction of sp³-hybridized carbons (Fsp3) is 0.250. The Kier molecular flexibility index (Phi) is 5.96. The summed E-state index contributed by atoms with van der Waals surface area (Å²) in [7, 11) is -3.84. The van der Waals surface area contributed by atoms with E-state index in [0.29, 0.717) is 29.0 Å². The number of esters is 1. The van der Waals surface area contributed by atoms with E-state index in [4.69, 9.17) is 15.1 Å². The van der Waals surface area contributed by atoms with Crippen LogP contribution in [0, 0.1) is 11.3 Å². The molecule has 0 saturated carbocycles. The van der Waals surface area contributed by atoms with E-state index in [0.717, 1.165) is 18.4 Å². The first kappa shape index (κ1) is 20.5. The molecule has 150 valence electrons. The summed E-state index contributed by atoms with van der Waals surface area (Å²) in [5.74, 6) is -0.0178. The number of hydrogen-bond acceptors (Lipinski definition) is 6. The van der Waals surface area contributed by atoms with Crippen molar-refractivity contribution in [2.45, 2.75) is 37.8 Å². The van der Waals surface area contributed by atoms with Gasteiger partial charge in [-0.15, -0.1) is 0 Å². The number of aromatic nitrogens is 2. The molecule has 9 heteroatoms. The molecule has 0 fully saturated rings. The highest BCUT2D eigenvalue weighted by molar-refractivity contribution is 7.89. The Labute approximate surface area is 168 Å².